The average Bonchev–Trinajstić information content (AvgIpc) is 2.33. The topological polar surface area (TPSA) is 48.4 Å². The van der Waals surface area contributed by atoms with Gasteiger partial charge in [-0.2, -0.15) is 13.2 Å². The predicted octanol–water partition coefficient (Wildman–Crippen LogP) is 3.52. The monoisotopic (exact) mass is 337 g/mol. The van der Waals surface area contributed by atoms with E-state index in [1.54, 1.807) is 0 Å². The molecule has 1 rings (SSSR count). The zero-order valence-electron chi connectivity index (χ0n) is 10.1. The van der Waals surface area contributed by atoms with Crippen LogP contribution in [0.2, 0.25) is 0 Å². The molecule has 0 atom stereocenters. The smallest absolute Gasteiger partial charge is 0.465 e. The Morgan fingerprint density at radius 1 is 1.29 bits per heavy atom. The molecule has 0 aliphatic carbocycles. The van der Waals surface area contributed by atoms with Crippen molar-refractivity contribution >= 4 is 17.6 Å². The van der Waals surface area contributed by atoms with Gasteiger partial charge in [-0.1, -0.05) is 0 Å². The molecule has 1 heterocycles. The third kappa shape index (κ3) is 4.13. The summed E-state index contributed by atoms with van der Waals surface area (Å²) in [6.45, 7) is 0. The van der Waals surface area contributed by atoms with Crippen molar-refractivity contribution in [2.75, 3.05) is 7.11 Å². The quantitative estimate of drug-likeness (QED) is 0.481. The molecule has 11 heteroatoms. The van der Waals surface area contributed by atoms with Crippen LogP contribution in [0.3, 0.4) is 0 Å². The van der Waals surface area contributed by atoms with E-state index in [4.69, 9.17) is 11.6 Å². The Morgan fingerprint density at radius 3 is 2.24 bits per heavy atom. The van der Waals surface area contributed by atoms with Crippen molar-refractivity contribution in [3.63, 3.8) is 0 Å². The number of alkyl halides is 7. The van der Waals surface area contributed by atoms with E-state index in [1.165, 1.54) is 0 Å². The predicted molar refractivity (Wildman–Crippen MR) is 56.8 cm³/mol. The van der Waals surface area contributed by atoms with Crippen LogP contribution in [0.5, 0.6) is 5.88 Å². The lowest BCUT2D eigenvalue weighted by atomic mass is 10.0. The zero-order valence-corrected chi connectivity index (χ0v) is 10.9. The third-order valence-electron chi connectivity index (χ3n) is 2.15. The Labute approximate surface area is 118 Å². The van der Waals surface area contributed by atoms with Crippen LogP contribution < -0.4 is 4.74 Å². The number of carbonyl (C=O) groups is 1. The molecular formula is C10H6ClF6NO3. The first-order valence-corrected chi connectivity index (χ1v) is 5.53. The molecule has 0 spiro atoms. The summed E-state index contributed by atoms with van der Waals surface area (Å²) in [7, 11) is 0.769. The van der Waals surface area contributed by atoms with Crippen LogP contribution in [0, 0.1) is 0 Å². The molecule has 1 aromatic heterocycles. The number of halogens is 7. The summed E-state index contributed by atoms with van der Waals surface area (Å²) < 4.78 is 82.6. The SMILES string of the molecule is COC(=O)c1c(CCl)cnc(OC(F)(F)F)c1C(F)(F)F. The van der Waals surface area contributed by atoms with Gasteiger partial charge in [0.25, 0.3) is 0 Å². The van der Waals surface area contributed by atoms with Crippen molar-refractivity contribution in [1.82, 2.24) is 4.98 Å². The van der Waals surface area contributed by atoms with E-state index >= 15 is 0 Å². The summed E-state index contributed by atoms with van der Waals surface area (Å²) in [5.74, 6) is -3.90. The van der Waals surface area contributed by atoms with Crippen LogP contribution >= 0.6 is 11.6 Å². The van der Waals surface area contributed by atoms with E-state index < -0.39 is 47.0 Å². The van der Waals surface area contributed by atoms with Gasteiger partial charge in [0.1, 0.15) is 5.56 Å². The van der Waals surface area contributed by atoms with Crippen molar-refractivity contribution < 1.29 is 40.6 Å². The number of esters is 1. The molecule has 0 aliphatic heterocycles. The second-order valence-corrected chi connectivity index (χ2v) is 3.78. The Morgan fingerprint density at radius 2 is 1.86 bits per heavy atom. The first-order valence-electron chi connectivity index (χ1n) is 5.00. The summed E-state index contributed by atoms with van der Waals surface area (Å²) >= 11 is 5.36. The van der Waals surface area contributed by atoms with Gasteiger partial charge in [-0.25, -0.2) is 9.78 Å². The molecule has 0 amide bonds. The van der Waals surface area contributed by atoms with E-state index in [0.29, 0.717) is 6.20 Å². The van der Waals surface area contributed by atoms with Gasteiger partial charge in [0.2, 0.25) is 5.88 Å². The zero-order chi connectivity index (χ0) is 16.4. The fraction of sp³-hybridized carbons (Fsp3) is 0.400. The standard InChI is InChI=1S/C10H6ClF6NO3/c1-20-8(19)5-4(2-11)3-18-7(21-10(15,16)17)6(5)9(12,13)14/h3H,2H2,1H3. The largest absolute Gasteiger partial charge is 0.574 e. The normalized spacial score (nSPS) is 12.2. The van der Waals surface area contributed by atoms with Gasteiger partial charge >= 0.3 is 18.5 Å². The van der Waals surface area contributed by atoms with E-state index in [2.05, 4.69) is 14.5 Å². The lowest BCUT2D eigenvalue weighted by molar-refractivity contribution is -0.277. The second-order valence-electron chi connectivity index (χ2n) is 3.51. The van der Waals surface area contributed by atoms with Crippen molar-refractivity contribution in [2.45, 2.75) is 18.4 Å². The minimum Gasteiger partial charge on any atom is -0.465 e. The number of hydrogen-bond donors (Lipinski definition) is 0. The highest BCUT2D eigenvalue weighted by Crippen LogP contribution is 2.41. The first kappa shape index (κ1) is 17.3. The fourth-order valence-corrected chi connectivity index (χ4v) is 1.62. The highest BCUT2D eigenvalue weighted by atomic mass is 35.5. The van der Waals surface area contributed by atoms with Gasteiger partial charge in [-0.3, -0.25) is 0 Å². The highest BCUT2D eigenvalue weighted by molar-refractivity contribution is 6.17. The number of methoxy groups -OCH3 is 1. The number of carbonyl (C=O) groups excluding carboxylic acids is 1. The molecular weight excluding hydrogens is 332 g/mol. The summed E-state index contributed by atoms with van der Waals surface area (Å²) in [4.78, 5) is 14.4. The number of nitrogens with zero attached hydrogens (tertiary/aromatic N) is 1. The molecule has 0 unspecified atom stereocenters. The Balaban J connectivity index is 3.65. The maximum atomic E-state index is 13.0. The molecule has 0 fully saturated rings. The van der Waals surface area contributed by atoms with Crippen molar-refractivity contribution in [3.05, 3.63) is 22.9 Å². The summed E-state index contributed by atoms with van der Waals surface area (Å²) in [5, 5.41) is 0. The van der Waals surface area contributed by atoms with Gasteiger partial charge in [0.15, 0.2) is 0 Å². The van der Waals surface area contributed by atoms with Crippen LogP contribution in [0.1, 0.15) is 21.5 Å². The van der Waals surface area contributed by atoms with Crippen LogP contribution in [0.4, 0.5) is 26.3 Å². The minimum atomic E-state index is -5.41. The maximum Gasteiger partial charge on any atom is 0.574 e. The Kier molecular flexibility index (Phi) is 4.92. The highest BCUT2D eigenvalue weighted by Gasteiger charge is 2.44. The first-order chi connectivity index (χ1) is 9.51. The van der Waals surface area contributed by atoms with Gasteiger partial charge in [0.05, 0.1) is 12.7 Å². The Bertz CT molecular complexity index is 543. The van der Waals surface area contributed by atoms with E-state index in [9.17, 15) is 31.1 Å². The molecule has 0 N–H and O–H groups in total. The second kappa shape index (κ2) is 5.96. The number of aromatic nitrogens is 1. The summed E-state index contributed by atoms with van der Waals surface area (Å²) in [6, 6.07) is 0. The van der Waals surface area contributed by atoms with Gasteiger partial charge in [-0.15, -0.1) is 24.8 Å². The van der Waals surface area contributed by atoms with E-state index in [0.717, 1.165) is 7.11 Å². The molecule has 1 aromatic rings. The van der Waals surface area contributed by atoms with Crippen LogP contribution in [-0.4, -0.2) is 24.4 Å². The lowest BCUT2D eigenvalue weighted by Crippen LogP contribution is -2.24. The number of rotatable bonds is 3. The molecule has 0 saturated carbocycles. The average molecular weight is 338 g/mol. The third-order valence-corrected chi connectivity index (χ3v) is 2.44. The molecule has 0 radical (unpaired) electrons. The maximum absolute atomic E-state index is 13.0. The molecule has 0 aromatic carbocycles. The molecule has 21 heavy (non-hydrogen) atoms. The summed E-state index contributed by atoms with van der Waals surface area (Å²) in [5.41, 5.74) is -3.61. The van der Waals surface area contributed by atoms with Gasteiger partial charge in [-0.05, 0) is 0 Å². The molecule has 0 aliphatic rings. The van der Waals surface area contributed by atoms with Crippen molar-refractivity contribution in [3.8, 4) is 5.88 Å². The number of ether oxygens (including phenoxy) is 2. The lowest BCUT2D eigenvalue weighted by Gasteiger charge is -2.18. The van der Waals surface area contributed by atoms with E-state index in [-0.39, 0.29) is 0 Å². The molecule has 118 valence electrons. The fourth-order valence-electron chi connectivity index (χ4n) is 1.42. The van der Waals surface area contributed by atoms with E-state index in [1.807, 2.05) is 0 Å². The van der Waals surface area contributed by atoms with Crippen LogP contribution in [0.15, 0.2) is 6.20 Å². The van der Waals surface area contributed by atoms with Crippen molar-refractivity contribution in [1.29, 1.82) is 0 Å². The number of hydrogen-bond acceptors (Lipinski definition) is 4. The van der Waals surface area contributed by atoms with Gasteiger partial charge in [0, 0.05) is 17.6 Å². The van der Waals surface area contributed by atoms with Crippen molar-refractivity contribution in [2.24, 2.45) is 0 Å². The summed E-state index contributed by atoms with van der Waals surface area (Å²) in [6.07, 6.45) is -10.2. The van der Waals surface area contributed by atoms with Crippen LogP contribution in [-0.2, 0) is 16.8 Å². The molecule has 0 bridgehead atoms. The Hall–Kier alpha value is -1.71. The van der Waals surface area contributed by atoms with Crippen LogP contribution in [0.25, 0.3) is 0 Å². The molecule has 0 saturated heterocycles. The van der Waals surface area contributed by atoms with Gasteiger partial charge < -0.3 is 9.47 Å². The minimum absolute atomic E-state index is 0.439. The molecule has 4 nitrogen and oxygen atoms in total. The number of pyridine rings is 1.